The summed E-state index contributed by atoms with van der Waals surface area (Å²) in [5.74, 6) is 1.09. The minimum absolute atomic E-state index is 0.0805. The van der Waals surface area contributed by atoms with Crippen molar-refractivity contribution in [3.05, 3.63) is 0 Å². The summed E-state index contributed by atoms with van der Waals surface area (Å²) >= 11 is 0. The van der Waals surface area contributed by atoms with E-state index < -0.39 is 0 Å². The lowest BCUT2D eigenvalue weighted by Crippen LogP contribution is -2.08. The van der Waals surface area contributed by atoms with Crippen molar-refractivity contribution in [3.8, 4) is 0 Å². The van der Waals surface area contributed by atoms with Crippen LogP contribution in [0.25, 0.3) is 0 Å². The Morgan fingerprint density at radius 1 is 1.31 bits per heavy atom. The van der Waals surface area contributed by atoms with Crippen LogP contribution in [0.1, 0.15) is 25.7 Å². The molecule has 0 radical (unpaired) electrons. The Kier molecular flexibility index (Phi) is 4.22. The Bertz CT molecular complexity index is 168. The number of methoxy groups -OCH3 is 2. The van der Waals surface area contributed by atoms with Crippen LogP contribution in [0.2, 0.25) is 0 Å². The molecule has 2 atom stereocenters. The van der Waals surface area contributed by atoms with Gasteiger partial charge in [0, 0.05) is 20.1 Å². The third-order valence-electron chi connectivity index (χ3n) is 2.74. The number of hydrogen-bond donors (Lipinski definition) is 0. The first-order valence-electron chi connectivity index (χ1n) is 4.82. The normalized spacial score (nSPS) is 27.5. The molecule has 0 aromatic rings. The molecule has 13 heavy (non-hydrogen) atoms. The van der Waals surface area contributed by atoms with Crippen LogP contribution in [0.15, 0.2) is 0 Å². The molecular weight excluding hydrogens is 168 g/mol. The maximum Gasteiger partial charge on any atom is 0.305 e. The molecule has 3 heteroatoms. The highest BCUT2D eigenvalue weighted by Crippen LogP contribution is 2.33. The summed E-state index contributed by atoms with van der Waals surface area (Å²) in [6, 6.07) is 0. The van der Waals surface area contributed by atoms with E-state index in [1.807, 2.05) is 0 Å². The third kappa shape index (κ3) is 3.35. The van der Waals surface area contributed by atoms with Gasteiger partial charge in [-0.15, -0.1) is 0 Å². The predicted octanol–water partition coefficient (Wildman–Crippen LogP) is 1.61. The van der Waals surface area contributed by atoms with Gasteiger partial charge in [-0.2, -0.15) is 0 Å². The molecule has 0 bridgehead atoms. The van der Waals surface area contributed by atoms with Gasteiger partial charge in [0.2, 0.25) is 0 Å². The van der Waals surface area contributed by atoms with E-state index in [2.05, 4.69) is 4.74 Å². The van der Waals surface area contributed by atoms with E-state index in [1.54, 1.807) is 7.11 Å². The van der Waals surface area contributed by atoms with Gasteiger partial charge in [-0.05, 0) is 31.1 Å². The summed E-state index contributed by atoms with van der Waals surface area (Å²) in [6.07, 6.45) is 4.03. The number of ether oxygens (including phenoxy) is 2. The van der Waals surface area contributed by atoms with Crippen LogP contribution in [0.5, 0.6) is 0 Å². The van der Waals surface area contributed by atoms with E-state index in [9.17, 15) is 4.79 Å². The minimum atomic E-state index is -0.0805. The maximum absolute atomic E-state index is 11.0. The molecule has 0 N–H and O–H groups in total. The summed E-state index contributed by atoms with van der Waals surface area (Å²) < 4.78 is 9.73. The van der Waals surface area contributed by atoms with Gasteiger partial charge in [-0.1, -0.05) is 0 Å². The Labute approximate surface area is 79.4 Å². The lowest BCUT2D eigenvalue weighted by Gasteiger charge is -2.08. The average molecular weight is 186 g/mol. The first-order valence-corrected chi connectivity index (χ1v) is 4.82. The van der Waals surface area contributed by atoms with Gasteiger partial charge < -0.3 is 9.47 Å². The van der Waals surface area contributed by atoms with Crippen LogP contribution < -0.4 is 0 Å². The SMILES string of the molecule is COCC1CCC(CC(=O)OC)C1. The van der Waals surface area contributed by atoms with Gasteiger partial charge in [0.05, 0.1) is 7.11 Å². The largest absolute Gasteiger partial charge is 0.469 e. The average Bonchev–Trinajstić information content (AvgIpc) is 2.53. The van der Waals surface area contributed by atoms with Gasteiger partial charge in [-0.25, -0.2) is 0 Å². The number of rotatable bonds is 4. The van der Waals surface area contributed by atoms with Crippen molar-refractivity contribution in [2.24, 2.45) is 11.8 Å². The highest BCUT2D eigenvalue weighted by molar-refractivity contribution is 5.69. The molecule has 0 heterocycles. The third-order valence-corrected chi connectivity index (χ3v) is 2.74. The van der Waals surface area contributed by atoms with Crippen LogP contribution in [0.4, 0.5) is 0 Å². The van der Waals surface area contributed by atoms with Crippen LogP contribution >= 0.6 is 0 Å². The standard InChI is InChI=1S/C10H18O3/c1-12-7-9-4-3-8(5-9)6-10(11)13-2/h8-9H,3-7H2,1-2H3. The minimum Gasteiger partial charge on any atom is -0.469 e. The van der Waals surface area contributed by atoms with Crippen LogP contribution in [-0.2, 0) is 14.3 Å². The fourth-order valence-electron chi connectivity index (χ4n) is 2.07. The first kappa shape index (κ1) is 10.5. The Morgan fingerprint density at radius 2 is 2.00 bits per heavy atom. The van der Waals surface area contributed by atoms with Crippen molar-refractivity contribution in [3.63, 3.8) is 0 Å². The second-order valence-electron chi connectivity index (χ2n) is 3.78. The van der Waals surface area contributed by atoms with Gasteiger partial charge >= 0.3 is 5.97 Å². The molecule has 0 aliphatic heterocycles. The van der Waals surface area contributed by atoms with Crippen LogP contribution in [0.3, 0.4) is 0 Å². The van der Waals surface area contributed by atoms with E-state index in [0.717, 1.165) is 19.4 Å². The van der Waals surface area contributed by atoms with Crippen molar-refractivity contribution in [2.75, 3.05) is 20.8 Å². The summed E-state index contributed by atoms with van der Waals surface area (Å²) in [4.78, 5) is 11.0. The lowest BCUT2D eigenvalue weighted by atomic mass is 10.0. The van der Waals surface area contributed by atoms with E-state index in [1.165, 1.54) is 13.5 Å². The molecule has 1 rings (SSSR count). The summed E-state index contributed by atoms with van der Waals surface area (Å²) in [5, 5.41) is 0. The second kappa shape index (κ2) is 5.22. The second-order valence-corrected chi connectivity index (χ2v) is 3.78. The number of hydrogen-bond acceptors (Lipinski definition) is 3. The molecule has 1 fully saturated rings. The molecule has 0 aromatic carbocycles. The predicted molar refractivity (Wildman–Crippen MR) is 49.3 cm³/mol. The quantitative estimate of drug-likeness (QED) is 0.626. The van der Waals surface area contributed by atoms with Crippen LogP contribution in [0, 0.1) is 11.8 Å². The summed E-state index contributed by atoms with van der Waals surface area (Å²) in [6.45, 7) is 0.831. The Balaban J connectivity index is 2.20. The van der Waals surface area contributed by atoms with Crippen LogP contribution in [-0.4, -0.2) is 26.8 Å². The van der Waals surface area contributed by atoms with Gasteiger partial charge in [0.1, 0.15) is 0 Å². The highest BCUT2D eigenvalue weighted by Gasteiger charge is 2.26. The van der Waals surface area contributed by atoms with Crippen molar-refractivity contribution >= 4 is 5.97 Å². The van der Waals surface area contributed by atoms with E-state index >= 15 is 0 Å². The molecule has 0 saturated heterocycles. The Hall–Kier alpha value is -0.570. The van der Waals surface area contributed by atoms with Gasteiger partial charge in [0.15, 0.2) is 0 Å². The molecule has 76 valence electrons. The van der Waals surface area contributed by atoms with Gasteiger partial charge in [-0.3, -0.25) is 4.79 Å². The topological polar surface area (TPSA) is 35.5 Å². The molecule has 0 spiro atoms. The van der Waals surface area contributed by atoms with E-state index in [0.29, 0.717) is 18.3 Å². The Morgan fingerprint density at radius 3 is 2.62 bits per heavy atom. The summed E-state index contributed by atoms with van der Waals surface area (Å²) in [7, 11) is 3.18. The highest BCUT2D eigenvalue weighted by atomic mass is 16.5. The van der Waals surface area contributed by atoms with Crippen molar-refractivity contribution < 1.29 is 14.3 Å². The zero-order valence-electron chi connectivity index (χ0n) is 8.41. The number of esters is 1. The maximum atomic E-state index is 11.0. The molecule has 1 aliphatic rings. The summed E-state index contributed by atoms with van der Waals surface area (Å²) in [5.41, 5.74) is 0. The molecule has 2 unspecified atom stereocenters. The monoisotopic (exact) mass is 186 g/mol. The molecule has 1 saturated carbocycles. The molecule has 3 nitrogen and oxygen atoms in total. The van der Waals surface area contributed by atoms with Gasteiger partial charge in [0.25, 0.3) is 0 Å². The fourth-order valence-corrected chi connectivity index (χ4v) is 2.07. The van der Waals surface area contributed by atoms with Crippen molar-refractivity contribution in [2.45, 2.75) is 25.7 Å². The lowest BCUT2D eigenvalue weighted by molar-refractivity contribution is -0.141. The molecular formula is C10H18O3. The number of carbonyl (C=O) groups excluding carboxylic acids is 1. The smallest absolute Gasteiger partial charge is 0.305 e. The van der Waals surface area contributed by atoms with Crippen molar-refractivity contribution in [1.29, 1.82) is 0 Å². The van der Waals surface area contributed by atoms with Crippen molar-refractivity contribution in [1.82, 2.24) is 0 Å². The molecule has 1 aliphatic carbocycles. The molecule has 0 amide bonds. The fraction of sp³-hybridized carbons (Fsp3) is 0.900. The zero-order valence-corrected chi connectivity index (χ0v) is 8.41. The molecule has 0 aromatic heterocycles. The van der Waals surface area contributed by atoms with E-state index in [4.69, 9.17) is 4.74 Å². The zero-order chi connectivity index (χ0) is 9.68. The van der Waals surface area contributed by atoms with E-state index in [-0.39, 0.29) is 5.97 Å². The number of carbonyl (C=O) groups is 1. The first-order chi connectivity index (χ1) is 6.26.